The van der Waals surface area contributed by atoms with Gasteiger partial charge in [0, 0.05) is 27.9 Å². The number of nitrogens with zero attached hydrogens (tertiary/aromatic N) is 1. The first-order valence-corrected chi connectivity index (χ1v) is 10.9. The van der Waals surface area contributed by atoms with Crippen LogP contribution in [0.3, 0.4) is 0 Å². The molecule has 1 N–H and O–H groups in total. The lowest BCUT2D eigenvalue weighted by atomic mass is 10.0. The highest BCUT2D eigenvalue weighted by Gasteiger charge is 2.18. The maximum absolute atomic E-state index is 13.2. The second-order valence-corrected chi connectivity index (χ2v) is 8.64. The van der Waals surface area contributed by atoms with E-state index in [0.29, 0.717) is 27.2 Å². The van der Waals surface area contributed by atoms with Crippen molar-refractivity contribution in [3.05, 3.63) is 110 Å². The van der Waals surface area contributed by atoms with E-state index in [1.165, 1.54) is 12.3 Å². The minimum atomic E-state index is -0.413. The lowest BCUT2D eigenvalue weighted by Gasteiger charge is -2.14. The fourth-order valence-corrected chi connectivity index (χ4v) is 3.87. The Morgan fingerprint density at radius 3 is 2.33 bits per heavy atom. The van der Waals surface area contributed by atoms with E-state index in [9.17, 15) is 14.4 Å². The van der Waals surface area contributed by atoms with E-state index in [2.05, 4.69) is 5.32 Å². The molecular weight excluding hydrogens is 436 g/mol. The van der Waals surface area contributed by atoms with Crippen LogP contribution in [-0.4, -0.2) is 16.3 Å². The van der Waals surface area contributed by atoms with Crippen molar-refractivity contribution < 1.29 is 9.59 Å². The number of carbonyl (C=O) groups is 2. The quantitative estimate of drug-likeness (QED) is 0.404. The first-order valence-electron chi connectivity index (χ1n) is 10.5. The van der Waals surface area contributed by atoms with Gasteiger partial charge in [-0.25, -0.2) is 0 Å². The minimum Gasteiger partial charge on any atom is -0.337 e. The Morgan fingerprint density at radius 2 is 1.64 bits per heavy atom. The summed E-state index contributed by atoms with van der Waals surface area (Å²) in [7, 11) is 0. The number of halogens is 1. The van der Waals surface area contributed by atoms with Crippen LogP contribution in [0.15, 0.2) is 71.7 Å². The highest BCUT2D eigenvalue weighted by molar-refractivity contribution is 6.31. The molecule has 6 heteroatoms. The summed E-state index contributed by atoms with van der Waals surface area (Å²) in [4.78, 5) is 39.2. The van der Waals surface area contributed by atoms with Gasteiger partial charge in [0.1, 0.15) is 6.54 Å². The van der Waals surface area contributed by atoms with Gasteiger partial charge in [0.2, 0.25) is 11.3 Å². The predicted octanol–water partition coefficient (Wildman–Crippen LogP) is 5.45. The van der Waals surface area contributed by atoms with Crippen molar-refractivity contribution in [1.82, 2.24) is 4.57 Å². The van der Waals surface area contributed by atoms with Crippen LogP contribution in [-0.2, 0) is 11.3 Å². The normalized spacial score (nSPS) is 10.9. The number of amides is 1. The van der Waals surface area contributed by atoms with Crippen molar-refractivity contribution >= 4 is 39.9 Å². The summed E-state index contributed by atoms with van der Waals surface area (Å²) >= 11 is 6.14. The van der Waals surface area contributed by atoms with Gasteiger partial charge in [0.15, 0.2) is 5.78 Å². The van der Waals surface area contributed by atoms with Gasteiger partial charge in [-0.15, -0.1) is 0 Å². The third-order valence-corrected chi connectivity index (χ3v) is 5.94. The van der Waals surface area contributed by atoms with Gasteiger partial charge in [-0.2, -0.15) is 0 Å². The van der Waals surface area contributed by atoms with E-state index in [1.54, 1.807) is 28.8 Å². The molecule has 0 saturated carbocycles. The van der Waals surface area contributed by atoms with Gasteiger partial charge in [0.05, 0.1) is 11.1 Å². The van der Waals surface area contributed by atoms with Crippen LogP contribution in [0.25, 0.3) is 10.9 Å². The summed E-state index contributed by atoms with van der Waals surface area (Å²) in [5.41, 5.74) is 4.42. The molecule has 0 aliphatic carbocycles. The number of ketones is 1. The van der Waals surface area contributed by atoms with Gasteiger partial charge in [-0.1, -0.05) is 47.5 Å². The summed E-state index contributed by atoms with van der Waals surface area (Å²) in [5, 5.41) is 3.56. The van der Waals surface area contributed by atoms with Crippen LogP contribution >= 0.6 is 11.6 Å². The molecule has 33 heavy (non-hydrogen) atoms. The number of nitrogens with one attached hydrogen (secondary N) is 1. The van der Waals surface area contributed by atoms with E-state index < -0.39 is 11.2 Å². The molecule has 1 amide bonds. The summed E-state index contributed by atoms with van der Waals surface area (Å²) < 4.78 is 1.62. The standard InChI is InChI=1S/C27H23ClN2O3/c1-16-4-7-19(8-5-16)26(32)23-14-30(24-11-9-20(28)13-22(24)27(23)33)15-25(31)29-21-10-6-17(2)18(3)12-21/h4-14H,15H2,1-3H3,(H,29,31). The van der Waals surface area contributed by atoms with Crippen LogP contribution in [0.1, 0.15) is 32.6 Å². The Morgan fingerprint density at radius 1 is 0.909 bits per heavy atom. The highest BCUT2D eigenvalue weighted by atomic mass is 35.5. The lowest BCUT2D eigenvalue weighted by molar-refractivity contribution is -0.116. The van der Waals surface area contributed by atoms with E-state index in [1.807, 2.05) is 51.1 Å². The monoisotopic (exact) mass is 458 g/mol. The van der Waals surface area contributed by atoms with Gasteiger partial charge >= 0.3 is 0 Å². The number of hydrogen-bond donors (Lipinski definition) is 1. The number of fused-ring (bicyclic) bond motifs is 1. The maximum atomic E-state index is 13.2. The van der Waals surface area contributed by atoms with Crippen molar-refractivity contribution in [2.24, 2.45) is 0 Å². The van der Waals surface area contributed by atoms with E-state index in [0.717, 1.165) is 16.7 Å². The molecule has 4 rings (SSSR count). The minimum absolute atomic E-state index is 0.00685. The molecule has 0 spiro atoms. The number of anilines is 1. The van der Waals surface area contributed by atoms with Crippen molar-refractivity contribution in [2.45, 2.75) is 27.3 Å². The largest absolute Gasteiger partial charge is 0.337 e. The topological polar surface area (TPSA) is 68.2 Å². The van der Waals surface area contributed by atoms with Gasteiger partial charge in [-0.05, 0) is 62.2 Å². The third-order valence-electron chi connectivity index (χ3n) is 5.71. The first-order chi connectivity index (χ1) is 15.7. The number of pyridine rings is 1. The average molecular weight is 459 g/mol. The third kappa shape index (κ3) is 4.73. The Balaban J connectivity index is 1.75. The zero-order chi connectivity index (χ0) is 23.7. The molecule has 1 aromatic heterocycles. The number of aromatic nitrogens is 1. The molecule has 0 bridgehead atoms. The van der Waals surface area contributed by atoms with Gasteiger partial charge in [0.25, 0.3) is 0 Å². The van der Waals surface area contributed by atoms with Gasteiger partial charge < -0.3 is 9.88 Å². The van der Waals surface area contributed by atoms with Crippen molar-refractivity contribution in [1.29, 1.82) is 0 Å². The molecule has 166 valence electrons. The Kier molecular flexibility index (Phi) is 6.16. The second kappa shape index (κ2) is 9.04. The molecule has 0 atom stereocenters. The fourth-order valence-electron chi connectivity index (χ4n) is 3.70. The zero-order valence-electron chi connectivity index (χ0n) is 18.6. The fraction of sp³-hybridized carbons (Fsp3) is 0.148. The van der Waals surface area contributed by atoms with E-state index >= 15 is 0 Å². The molecule has 0 saturated heterocycles. The molecule has 0 aliphatic rings. The molecule has 0 fully saturated rings. The number of aryl methyl sites for hydroxylation is 3. The zero-order valence-corrected chi connectivity index (χ0v) is 19.4. The molecule has 0 radical (unpaired) electrons. The van der Waals surface area contributed by atoms with Gasteiger partial charge in [-0.3, -0.25) is 14.4 Å². The van der Waals surface area contributed by atoms with E-state index in [-0.39, 0.29) is 18.0 Å². The summed E-state index contributed by atoms with van der Waals surface area (Å²) in [6.07, 6.45) is 1.46. The van der Waals surface area contributed by atoms with Crippen LogP contribution in [0.2, 0.25) is 5.02 Å². The first kappa shape index (κ1) is 22.5. The van der Waals surface area contributed by atoms with Crippen molar-refractivity contribution in [3.8, 4) is 0 Å². The molecule has 3 aromatic carbocycles. The van der Waals surface area contributed by atoms with Crippen LogP contribution in [0, 0.1) is 20.8 Å². The van der Waals surface area contributed by atoms with Crippen LogP contribution < -0.4 is 10.7 Å². The lowest BCUT2D eigenvalue weighted by Crippen LogP contribution is -2.24. The SMILES string of the molecule is Cc1ccc(C(=O)c2cn(CC(=O)Nc3ccc(C)c(C)c3)c3ccc(Cl)cc3c2=O)cc1. The number of carbonyl (C=O) groups excluding carboxylic acids is 2. The summed E-state index contributed by atoms with van der Waals surface area (Å²) in [6.45, 7) is 5.84. The Labute approximate surface area is 196 Å². The molecule has 4 aromatic rings. The summed E-state index contributed by atoms with van der Waals surface area (Å²) in [5.74, 6) is -0.669. The Bertz CT molecular complexity index is 1450. The molecule has 5 nitrogen and oxygen atoms in total. The maximum Gasteiger partial charge on any atom is 0.244 e. The second-order valence-electron chi connectivity index (χ2n) is 8.20. The molecule has 1 heterocycles. The van der Waals surface area contributed by atoms with Crippen LogP contribution in [0.4, 0.5) is 5.69 Å². The van der Waals surface area contributed by atoms with Crippen LogP contribution in [0.5, 0.6) is 0 Å². The van der Waals surface area contributed by atoms with Crippen molar-refractivity contribution in [3.63, 3.8) is 0 Å². The van der Waals surface area contributed by atoms with E-state index in [4.69, 9.17) is 11.6 Å². The highest BCUT2D eigenvalue weighted by Crippen LogP contribution is 2.20. The molecule has 0 unspecified atom stereocenters. The number of benzene rings is 3. The molecular formula is C27H23ClN2O3. The van der Waals surface area contributed by atoms with Crippen molar-refractivity contribution in [2.75, 3.05) is 5.32 Å². The summed E-state index contributed by atoms with van der Waals surface area (Å²) in [6, 6.07) is 17.6. The smallest absolute Gasteiger partial charge is 0.244 e. The molecule has 0 aliphatic heterocycles. The average Bonchev–Trinajstić information content (AvgIpc) is 2.78. The predicted molar refractivity (Wildman–Crippen MR) is 132 cm³/mol. The number of hydrogen-bond acceptors (Lipinski definition) is 3. The Hall–Kier alpha value is -3.70. The number of rotatable bonds is 5.